The fourth-order valence-electron chi connectivity index (χ4n) is 10.4. The van der Waals surface area contributed by atoms with Crippen molar-refractivity contribution in [2.45, 2.75) is 114 Å². The number of nitrogens with zero attached hydrogens (tertiary/aromatic N) is 15. The fourth-order valence-corrected chi connectivity index (χ4v) is 10.4. The highest BCUT2D eigenvalue weighted by atomic mass is 16.5. The van der Waals surface area contributed by atoms with Gasteiger partial charge in [0.25, 0.3) is 0 Å². The summed E-state index contributed by atoms with van der Waals surface area (Å²) in [6.07, 6.45) is 15.7. The molecule has 0 aliphatic carbocycles. The molecule has 0 amide bonds. The number of carbonyl (C=O) groups is 2. The van der Waals surface area contributed by atoms with Crippen LogP contribution in [0.1, 0.15) is 139 Å². The summed E-state index contributed by atoms with van der Waals surface area (Å²) in [5.41, 5.74) is 24.1. The van der Waals surface area contributed by atoms with Crippen molar-refractivity contribution < 1.29 is 19.4 Å². The molecule has 12 aromatic rings. The lowest BCUT2D eigenvalue weighted by Gasteiger charge is -2.06. The Labute approximate surface area is 487 Å². The third-order valence-corrected chi connectivity index (χ3v) is 14.6. The monoisotopic (exact) mass is 1120 g/mol. The molecule has 9 aromatic heterocycles. The van der Waals surface area contributed by atoms with E-state index in [9.17, 15) is 14.7 Å². The highest BCUT2D eigenvalue weighted by molar-refractivity contribution is 5.88. The maximum absolute atomic E-state index is 11.8. The van der Waals surface area contributed by atoms with Crippen LogP contribution >= 0.6 is 0 Å². The van der Waals surface area contributed by atoms with Gasteiger partial charge in [0.1, 0.15) is 0 Å². The van der Waals surface area contributed by atoms with E-state index in [0.29, 0.717) is 17.7 Å². The Morgan fingerprint density at radius 2 is 0.857 bits per heavy atom. The lowest BCUT2D eigenvalue weighted by molar-refractivity contribution is 0.0526. The van der Waals surface area contributed by atoms with Crippen LogP contribution in [0, 0.1) is 41.5 Å². The summed E-state index contributed by atoms with van der Waals surface area (Å²) in [4.78, 5) is 36.9. The van der Waals surface area contributed by atoms with E-state index in [0.717, 1.165) is 136 Å². The molecule has 19 heteroatoms. The van der Waals surface area contributed by atoms with E-state index in [1.165, 1.54) is 39.6 Å². The topological polar surface area (TPSA) is 208 Å². The van der Waals surface area contributed by atoms with Crippen LogP contribution in [-0.4, -0.2) is 97.1 Å². The highest BCUT2D eigenvalue weighted by Crippen LogP contribution is 2.26. The molecule has 0 radical (unpaired) electrons. The number of ether oxygens (including phenoxy) is 1. The maximum atomic E-state index is 11.8. The first kappa shape index (κ1) is 57.5. The molecule has 9 heterocycles. The average Bonchev–Trinajstić information content (AvgIpc) is 4.37. The predicted octanol–water partition coefficient (Wildman–Crippen LogP) is 10.5. The molecule has 0 aliphatic heterocycles. The van der Waals surface area contributed by atoms with Crippen molar-refractivity contribution in [3.8, 4) is 17.1 Å². The number of carbonyl (C=O) groups excluding carboxylic acids is 2. The summed E-state index contributed by atoms with van der Waals surface area (Å²) in [6.45, 7) is 20.7. The molecule has 0 atom stereocenters. The summed E-state index contributed by atoms with van der Waals surface area (Å²) in [7, 11) is 0. The number of rotatable bonds is 16. The summed E-state index contributed by atoms with van der Waals surface area (Å²) in [5, 5.41) is 36.2. The minimum absolute atomic E-state index is 0.00155. The standard InChI is InChI=1S/C23H25N5O2.C21H23N5O.C21H21N5O/c1-5-21-20(22-25-15(3)11-16(4)28(22)26-21)12-17-7-9-19(10-8-17)27-14-18(13-24-27)23(29)30-6-2;2*1-4-20-19(21-23-14(2)9-15(3)26(21)24-20)10-16-5-7-18(8-6-16)25-12-17(13-27)11-22-25/h7-11,13-14H,5-6,12H2,1-4H3;5-9,11-12,27H,4,10,13H2,1-3H3;5-9,11-13H,4,10H2,1-3H3. The number of aryl methyl sites for hydroxylation is 9. The molecule has 12 rings (SSSR count). The second kappa shape index (κ2) is 25.2. The van der Waals surface area contributed by atoms with Gasteiger partial charge in [-0.25, -0.2) is 47.3 Å². The maximum Gasteiger partial charge on any atom is 0.341 e. The first-order valence-electron chi connectivity index (χ1n) is 28.4. The van der Waals surface area contributed by atoms with Crippen molar-refractivity contribution in [2.75, 3.05) is 6.61 Å². The van der Waals surface area contributed by atoms with E-state index >= 15 is 0 Å². The highest BCUT2D eigenvalue weighted by Gasteiger charge is 2.19. The van der Waals surface area contributed by atoms with Crippen LogP contribution < -0.4 is 0 Å². The average molecular weight is 1120 g/mol. The molecule has 1 N–H and O–H groups in total. The SMILES string of the molecule is CCOC(=O)c1cnn(-c2ccc(Cc3c(CC)nn4c(C)cc(C)nc34)cc2)c1.CCc1nn2c(C)cc(C)nc2c1Cc1ccc(-n2cc(C=O)cn2)cc1.CCc1nn2c(C)cc(C)nc2c1Cc1ccc(-n2cc(CO)cn2)cc1. The molecule has 428 valence electrons. The quantitative estimate of drug-likeness (QED) is 0.0706. The molecule has 0 aliphatic rings. The number of aromatic nitrogens is 15. The summed E-state index contributed by atoms with van der Waals surface area (Å²) >= 11 is 0. The van der Waals surface area contributed by atoms with Crippen LogP contribution in [0.3, 0.4) is 0 Å². The van der Waals surface area contributed by atoms with Crippen molar-refractivity contribution >= 4 is 29.2 Å². The largest absolute Gasteiger partial charge is 0.462 e. The number of benzene rings is 3. The van der Waals surface area contributed by atoms with Gasteiger partial charge in [0.15, 0.2) is 23.2 Å². The van der Waals surface area contributed by atoms with E-state index in [1.54, 1.807) is 45.8 Å². The Kier molecular flexibility index (Phi) is 17.2. The predicted molar refractivity (Wildman–Crippen MR) is 322 cm³/mol. The van der Waals surface area contributed by atoms with E-state index in [-0.39, 0.29) is 12.6 Å². The number of aliphatic hydroxyl groups excluding tert-OH is 1. The zero-order valence-corrected chi connectivity index (χ0v) is 49.2. The normalized spacial score (nSPS) is 11.3. The van der Waals surface area contributed by atoms with Gasteiger partial charge in [-0.3, -0.25) is 4.79 Å². The number of fused-ring (bicyclic) bond motifs is 3. The Hall–Kier alpha value is -9.75. The molecule has 0 saturated carbocycles. The third-order valence-electron chi connectivity index (χ3n) is 14.6. The molecule has 3 aromatic carbocycles. The molecule has 19 nitrogen and oxygen atoms in total. The van der Waals surface area contributed by atoms with Crippen molar-refractivity contribution in [1.82, 2.24) is 73.1 Å². The number of esters is 1. The number of hydrogen-bond acceptors (Lipinski definition) is 13. The van der Waals surface area contributed by atoms with Crippen LogP contribution in [-0.2, 0) is 49.9 Å². The smallest absolute Gasteiger partial charge is 0.341 e. The first-order valence-corrected chi connectivity index (χ1v) is 28.4. The lowest BCUT2D eigenvalue weighted by Crippen LogP contribution is -2.03. The zero-order valence-electron chi connectivity index (χ0n) is 49.2. The molecular formula is C65H69N15O4. The molecule has 0 fully saturated rings. The number of aldehydes is 1. The van der Waals surface area contributed by atoms with Crippen LogP contribution in [0.15, 0.2) is 128 Å². The molecular weight excluding hydrogens is 1050 g/mol. The van der Waals surface area contributed by atoms with Gasteiger partial charge in [-0.1, -0.05) is 57.2 Å². The summed E-state index contributed by atoms with van der Waals surface area (Å²) in [6, 6.07) is 30.8. The van der Waals surface area contributed by atoms with E-state index in [4.69, 9.17) is 35.0 Å². The van der Waals surface area contributed by atoms with Gasteiger partial charge >= 0.3 is 5.97 Å². The fraction of sp³-hybridized carbons (Fsp3) is 0.277. The summed E-state index contributed by atoms with van der Waals surface area (Å²) in [5.74, 6) is -0.362. The second-order valence-corrected chi connectivity index (χ2v) is 20.9. The van der Waals surface area contributed by atoms with Crippen LogP contribution in [0.5, 0.6) is 0 Å². The van der Waals surface area contributed by atoms with Crippen molar-refractivity contribution in [2.24, 2.45) is 0 Å². The lowest BCUT2D eigenvalue weighted by atomic mass is 10.0. The third kappa shape index (κ3) is 12.4. The molecule has 0 saturated heterocycles. The van der Waals surface area contributed by atoms with E-state index < -0.39 is 0 Å². The van der Waals surface area contributed by atoms with Gasteiger partial charge in [-0.05, 0) is 139 Å². The van der Waals surface area contributed by atoms with Gasteiger partial charge in [0.2, 0.25) is 0 Å². The van der Waals surface area contributed by atoms with Crippen molar-refractivity contribution in [3.63, 3.8) is 0 Å². The zero-order chi connectivity index (χ0) is 59.2. The molecule has 84 heavy (non-hydrogen) atoms. The number of aliphatic hydroxyl groups is 1. The van der Waals surface area contributed by atoms with Gasteiger partial charge in [0.05, 0.1) is 77.1 Å². The molecule has 0 unspecified atom stereocenters. The molecule has 0 bridgehead atoms. The Balaban J connectivity index is 0.000000141. The van der Waals surface area contributed by atoms with Crippen LogP contribution in [0.4, 0.5) is 0 Å². The van der Waals surface area contributed by atoms with Crippen LogP contribution in [0.2, 0.25) is 0 Å². The van der Waals surface area contributed by atoms with Gasteiger partial charge in [0, 0.05) is 94.3 Å². The van der Waals surface area contributed by atoms with Crippen LogP contribution in [0.25, 0.3) is 34.0 Å². The summed E-state index contributed by atoms with van der Waals surface area (Å²) < 4.78 is 16.0. The molecule has 0 spiro atoms. The van der Waals surface area contributed by atoms with Gasteiger partial charge in [-0.2, -0.15) is 30.6 Å². The van der Waals surface area contributed by atoms with E-state index in [1.807, 2.05) is 83.0 Å². The Morgan fingerprint density at radius 3 is 1.20 bits per heavy atom. The number of hydrogen-bond donors (Lipinski definition) is 1. The minimum atomic E-state index is -0.362. The van der Waals surface area contributed by atoms with Crippen molar-refractivity contribution in [1.29, 1.82) is 0 Å². The minimum Gasteiger partial charge on any atom is -0.462 e. The van der Waals surface area contributed by atoms with Gasteiger partial charge in [-0.15, -0.1) is 0 Å². The van der Waals surface area contributed by atoms with Crippen molar-refractivity contribution in [3.05, 3.63) is 229 Å². The van der Waals surface area contributed by atoms with Gasteiger partial charge < -0.3 is 9.84 Å². The Morgan fingerprint density at radius 1 is 0.488 bits per heavy atom. The first-order chi connectivity index (χ1) is 40.7. The van der Waals surface area contributed by atoms with E-state index in [2.05, 4.69) is 105 Å². The Bertz CT molecular complexity index is 4290. The second-order valence-electron chi connectivity index (χ2n) is 20.9.